The molecule has 34 heavy (non-hydrogen) atoms. The Morgan fingerprint density at radius 3 is 2.44 bits per heavy atom. The summed E-state index contributed by atoms with van der Waals surface area (Å²) in [6.07, 6.45) is 1.60. The number of hydrazone groups is 1. The maximum atomic E-state index is 12.6. The molecular formula is C26H27N3O4S. The third kappa shape index (κ3) is 7.31. The number of nitrogens with zero attached hydrogens (tertiary/aromatic N) is 1. The van der Waals surface area contributed by atoms with E-state index in [-0.39, 0.29) is 0 Å². The smallest absolute Gasteiger partial charge is 0.343 e. The molecule has 0 saturated heterocycles. The maximum Gasteiger partial charge on any atom is 0.343 e. The summed E-state index contributed by atoms with van der Waals surface area (Å²) in [6, 6.07) is 19.8. The van der Waals surface area contributed by atoms with Gasteiger partial charge in [0.05, 0.1) is 25.0 Å². The lowest BCUT2D eigenvalue weighted by Gasteiger charge is -2.12. The minimum atomic E-state index is -0.486. The van der Waals surface area contributed by atoms with Crippen molar-refractivity contribution in [2.75, 3.05) is 18.5 Å². The van der Waals surface area contributed by atoms with E-state index < -0.39 is 5.97 Å². The van der Waals surface area contributed by atoms with Crippen LogP contribution in [-0.4, -0.2) is 30.5 Å². The first-order valence-corrected chi connectivity index (χ1v) is 11.3. The highest BCUT2D eigenvalue weighted by Crippen LogP contribution is 2.29. The minimum absolute atomic E-state index is 0.322. The molecule has 0 unspecified atom stereocenters. The quantitative estimate of drug-likeness (QED) is 0.142. The van der Waals surface area contributed by atoms with Crippen LogP contribution in [0, 0.1) is 6.92 Å². The van der Waals surface area contributed by atoms with Crippen LogP contribution in [-0.2, 0) is 0 Å². The van der Waals surface area contributed by atoms with E-state index in [0.717, 1.165) is 16.8 Å². The molecule has 0 heterocycles. The van der Waals surface area contributed by atoms with Crippen molar-refractivity contribution in [1.82, 2.24) is 5.43 Å². The highest BCUT2D eigenvalue weighted by molar-refractivity contribution is 7.80. The van der Waals surface area contributed by atoms with Crippen molar-refractivity contribution in [2.24, 2.45) is 5.10 Å². The Morgan fingerprint density at radius 2 is 1.74 bits per heavy atom. The standard InChI is InChI=1S/C26H27N3O4S/c1-4-31-22-12-10-20(11-13-22)25(30)33-23-14-9-19(16-24(23)32-5-2)17-27-29-26(34)28-21-8-6-7-18(3)15-21/h6-17H,4-5H2,1-3H3,(H2,28,29,34)/b27-17+. The number of ether oxygens (including phenoxy) is 3. The molecule has 0 aliphatic heterocycles. The molecule has 0 spiro atoms. The normalized spacial score (nSPS) is 10.6. The maximum absolute atomic E-state index is 12.6. The van der Waals surface area contributed by atoms with E-state index in [2.05, 4.69) is 15.8 Å². The van der Waals surface area contributed by atoms with Gasteiger partial charge in [-0.2, -0.15) is 5.10 Å². The molecule has 0 amide bonds. The SMILES string of the molecule is CCOc1ccc(C(=O)Oc2ccc(/C=N/NC(=S)Nc3cccc(C)c3)cc2OCC)cc1. The van der Waals surface area contributed by atoms with E-state index in [4.69, 9.17) is 26.4 Å². The predicted octanol–water partition coefficient (Wildman–Crippen LogP) is 5.33. The van der Waals surface area contributed by atoms with Crippen molar-refractivity contribution in [3.8, 4) is 17.2 Å². The summed E-state index contributed by atoms with van der Waals surface area (Å²) in [5.74, 6) is 0.966. The zero-order valence-corrected chi connectivity index (χ0v) is 20.1. The molecule has 0 atom stereocenters. The molecule has 0 aliphatic rings. The first-order chi connectivity index (χ1) is 16.5. The summed E-state index contributed by atoms with van der Waals surface area (Å²) >= 11 is 5.27. The van der Waals surface area contributed by atoms with Crippen LogP contribution < -0.4 is 25.0 Å². The Morgan fingerprint density at radius 1 is 0.971 bits per heavy atom. The molecule has 2 N–H and O–H groups in total. The van der Waals surface area contributed by atoms with Gasteiger partial charge in [0, 0.05) is 5.69 Å². The number of anilines is 1. The average molecular weight is 478 g/mol. The van der Waals surface area contributed by atoms with Crippen molar-refractivity contribution in [3.63, 3.8) is 0 Å². The van der Waals surface area contributed by atoms with Crippen LogP contribution in [0.4, 0.5) is 5.69 Å². The molecule has 3 aromatic rings. The number of carbonyl (C=O) groups is 1. The molecule has 7 nitrogen and oxygen atoms in total. The van der Waals surface area contributed by atoms with Crippen molar-refractivity contribution < 1.29 is 19.0 Å². The number of hydrogen-bond acceptors (Lipinski definition) is 6. The van der Waals surface area contributed by atoms with E-state index in [1.807, 2.05) is 45.0 Å². The zero-order valence-electron chi connectivity index (χ0n) is 19.3. The van der Waals surface area contributed by atoms with Crippen LogP contribution in [0.1, 0.15) is 35.3 Å². The first kappa shape index (κ1) is 24.7. The van der Waals surface area contributed by atoms with Crippen LogP contribution in [0.3, 0.4) is 0 Å². The Bertz CT molecular complexity index is 1160. The molecular weight excluding hydrogens is 450 g/mol. The van der Waals surface area contributed by atoms with E-state index >= 15 is 0 Å². The van der Waals surface area contributed by atoms with Crippen LogP contribution in [0.2, 0.25) is 0 Å². The van der Waals surface area contributed by atoms with Crippen molar-refractivity contribution in [1.29, 1.82) is 0 Å². The molecule has 0 radical (unpaired) electrons. The molecule has 0 saturated carbocycles. The molecule has 176 valence electrons. The lowest BCUT2D eigenvalue weighted by atomic mass is 10.2. The number of benzene rings is 3. The molecule has 3 aromatic carbocycles. The monoisotopic (exact) mass is 477 g/mol. The lowest BCUT2D eigenvalue weighted by Crippen LogP contribution is -2.23. The van der Waals surface area contributed by atoms with Crippen LogP contribution >= 0.6 is 12.2 Å². The van der Waals surface area contributed by atoms with Crippen LogP contribution in [0.5, 0.6) is 17.2 Å². The highest BCUT2D eigenvalue weighted by atomic mass is 32.1. The Balaban J connectivity index is 1.63. The number of hydrogen-bond donors (Lipinski definition) is 2. The highest BCUT2D eigenvalue weighted by Gasteiger charge is 2.13. The summed E-state index contributed by atoms with van der Waals surface area (Å²) < 4.78 is 16.6. The van der Waals surface area contributed by atoms with Crippen molar-refractivity contribution in [3.05, 3.63) is 83.4 Å². The number of thiocarbonyl (C=S) groups is 1. The van der Waals surface area contributed by atoms with Gasteiger partial charge in [0.25, 0.3) is 0 Å². The van der Waals surface area contributed by atoms with E-state index in [9.17, 15) is 4.79 Å². The largest absolute Gasteiger partial charge is 0.494 e. The summed E-state index contributed by atoms with van der Waals surface area (Å²) in [6.45, 7) is 6.74. The summed E-state index contributed by atoms with van der Waals surface area (Å²) in [5.41, 5.74) is 5.95. The van der Waals surface area contributed by atoms with E-state index in [1.54, 1.807) is 48.7 Å². The van der Waals surface area contributed by atoms with Crippen molar-refractivity contribution in [2.45, 2.75) is 20.8 Å². The molecule has 0 aliphatic carbocycles. The van der Waals surface area contributed by atoms with Crippen LogP contribution in [0.25, 0.3) is 0 Å². The zero-order chi connectivity index (χ0) is 24.3. The fourth-order valence-electron chi connectivity index (χ4n) is 3.02. The molecule has 3 rings (SSSR count). The number of nitrogens with one attached hydrogen (secondary N) is 2. The summed E-state index contributed by atoms with van der Waals surface area (Å²) in [7, 11) is 0. The Hall–Kier alpha value is -3.91. The Kier molecular flexibility index (Phi) is 8.99. The summed E-state index contributed by atoms with van der Waals surface area (Å²) in [5, 5.41) is 7.61. The minimum Gasteiger partial charge on any atom is -0.494 e. The van der Waals surface area contributed by atoms with E-state index in [1.165, 1.54) is 0 Å². The fourth-order valence-corrected chi connectivity index (χ4v) is 3.19. The van der Waals surface area contributed by atoms with Crippen LogP contribution in [0.15, 0.2) is 71.8 Å². The average Bonchev–Trinajstić information content (AvgIpc) is 2.81. The third-order valence-electron chi connectivity index (χ3n) is 4.53. The van der Waals surface area contributed by atoms with Gasteiger partial charge in [0.1, 0.15) is 5.75 Å². The van der Waals surface area contributed by atoms with Gasteiger partial charge < -0.3 is 19.5 Å². The predicted molar refractivity (Wildman–Crippen MR) is 138 cm³/mol. The topological polar surface area (TPSA) is 81.2 Å². The lowest BCUT2D eigenvalue weighted by molar-refractivity contribution is 0.0728. The number of rotatable bonds is 9. The molecule has 0 fully saturated rings. The second-order valence-electron chi connectivity index (χ2n) is 7.18. The van der Waals surface area contributed by atoms with Gasteiger partial charge in [-0.15, -0.1) is 0 Å². The van der Waals surface area contributed by atoms with Crippen molar-refractivity contribution >= 4 is 35.2 Å². The molecule has 8 heteroatoms. The number of carbonyl (C=O) groups excluding carboxylic acids is 1. The fraction of sp³-hybridized carbons (Fsp3) is 0.192. The van der Waals surface area contributed by atoms with Gasteiger partial charge in [0.2, 0.25) is 0 Å². The van der Waals surface area contributed by atoms with E-state index in [0.29, 0.717) is 41.1 Å². The van der Waals surface area contributed by atoms with Gasteiger partial charge >= 0.3 is 5.97 Å². The van der Waals surface area contributed by atoms with Gasteiger partial charge in [-0.3, -0.25) is 5.43 Å². The number of esters is 1. The Labute approximate surface area is 204 Å². The second-order valence-corrected chi connectivity index (χ2v) is 7.59. The first-order valence-electron chi connectivity index (χ1n) is 10.9. The van der Waals surface area contributed by atoms with Gasteiger partial charge in [-0.1, -0.05) is 12.1 Å². The molecule has 0 aromatic heterocycles. The number of aryl methyl sites for hydroxylation is 1. The van der Waals surface area contributed by atoms with Gasteiger partial charge in [0.15, 0.2) is 16.6 Å². The third-order valence-corrected chi connectivity index (χ3v) is 4.72. The van der Waals surface area contributed by atoms with Gasteiger partial charge in [-0.25, -0.2) is 4.79 Å². The summed E-state index contributed by atoms with van der Waals surface area (Å²) in [4.78, 5) is 12.6. The van der Waals surface area contributed by atoms with Gasteiger partial charge in [-0.05, 0) is 98.7 Å². The molecule has 0 bridgehead atoms. The second kappa shape index (κ2) is 12.4.